The van der Waals surface area contributed by atoms with E-state index in [-0.39, 0.29) is 6.03 Å². The van der Waals surface area contributed by atoms with Crippen LogP contribution >= 0.6 is 0 Å². The lowest BCUT2D eigenvalue weighted by Crippen LogP contribution is -2.42. The Hall–Kier alpha value is -0.770. The van der Waals surface area contributed by atoms with E-state index in [9.17, 15) is 4.79 Å². The van der Waals surface area contributed by atoms with Crippen LogP contribution in [0.1, 0.15) is 26.2 Å². The van der Waals surface area contributed by atoms with Crippen molar-refractivity contribution in [3.8, 4) is 0 Å². The maximum atomic E-state index is 10.7. The third kappa shape index (κ3) is 2.08. The molecule has 0 aliphatic heterocycles. The summed E-state index contributed by atoms with van der Waals surface area (Å²) in [6, 6.07) is -0.287. The van der Waals surface area contributed by atoms with E-state index < -0.39 is 0 Å². The molecule has 0 aromatic rings. The molecule has 1 fully saturated rings. The molecule has 4 N–H and O–H groups in total. The number of hydrazine groups is 1. The van der Waals surface area contributed by atoms with Crippen molar-refractivity contribution in [2.24, 2.45) is 11.3 Å². The molecular formula is C7H15N3O. The van der Waals surface area contributed by atoms with Gasteiger partial charge in [0.2, 0.25) is 0 Å². The SMILES string of the molecule is CCC1(CNC(=O)NN)CC1. The first-order valence-electron chi connectivity index (χ1n) is 3.97. The monoisotopic (exact) mass is 157 g/mol. The van der Waals surface area contributed by atoms with Crippen LogP contribution in [0.15, 0.2) is 0 Å². The summed E-state index contributed by atoms with van der Waals surface area (Å²) in [4.78, 5) is 10.7. The van der Waals surface area contributed by atoms with Crippen molar-refractivity contribution >= 4 is 6.03 Å². The zero-order valence-electron chi connectivity index (χ0n) is 6.81. The molecular weight excluding hydrogens is 142 g/mol. The number of nitrogens with one attached hydrogen (secondary N) is 2. The van der Waals surface area contributed by atoms with Crippen LogP contribution in [0.3, 0.4) is 0 Å². The molecule has 4 heteroatoms. The van der Waals surface area contributed by atoms with Crippen molar-refractivity contribution < 1.29 is 4.79 Å². The minimum atomic E-state index is -0.287. The first-order chi connectivity index (χ1) is 5.22. The summed E-state index contributed by atoms with van der Waals surface area (Å²) in [5, 5.41) is 2.71. The van der Waals surface area contributed by atoms with Crippen molar-refractivity contribution in [3.63, 3.8) is 0 Å². The van der Waals surface area contributed by atoms with Gasteiger partial charge in [0.15, 0.2) is 0 Å². The van der Waals surface area contributed by atoms with Gasteiger partial charge in [-0.3, -0.25) is 5.43 Å². The Morgan fingerprint density at radius 1 is 1.64 bits per heavy atom. The van der Waals surface area contributed by atoms with E-state index in [1.165, 1.54) is 12.8 Å². The van der Waals surface area contributed by atoms with Crippen molar-refractivity contribution in [2.75, 3.05) is 6.54 Å². The van der Waals surface area contributed by atoms with Gasteiger partial charge in [-0.25, -0.2) is 10.6 Å². The van der Waals surface area contributed by atoms with Gasteiger partial charge in [0.05, 0.1) is 0 Å². The average molecular weight is 157 g/mol. The van der Waals surface area contributed by atoms with Crippen LogP contribution in [0.2, 0.25) is 0 Å². The predicted molar refractivity (Wildman–Crippen MR) is 42.7 cm³/mol. The molecule has 2 amide bonds. The zero-order valence-corrected chi connectivity index (χ0v) is 6.81. The Labute approximate surface area is 66.5 Å². The Morgan fingerprint density at radius 3 is 2.64 bits per heavy atom. The summed E-state index contributed by atoms with van der Waals surface area (Å²) in [6.45, 7) is 2.90. The summed E-state index contributed by atoms with van der Waals surface area (Å²) < 4.78 is 0. The predicted octanol–water partition coefficient (Wildman–Crippen LogP) is 0.349. The molecule has 0 radical (unpaired) electrons. The van der Waals surface area contributed by atoms with Gasteiger partial charge in [-0.05, 0) is 24.7 Å². The highest BCUT2D eigenvalue weighted by Gasteiger charge is 2.40. The smallest absolute Gasteiger partial charge is 0.328 e. The van der Waals surface area contributed by atoms with E-state index in [1.54, 1.807) is 0 Å². The van der Waals surface area contributed by atoms with Crippen LogP contribution in [0.4, 0.5) is 4.79 Å². The van der Waals surface area contributed by atoms with Crippen LogP contribution in [-0.4, -0.2) is 12.6 Å². The second-order valence-electron chi connectivity index (χ2n) is 3.18. The fraction of sp³-hybridized carbons (Fsp3) is 0.857. The lowest BCUT2D eigenvalue weighted by atomic mass is 10.0. The minimum absolute atomic E-state index is 0.287. The van der Waals surface area contributed by atoms with Crippen LogP contribution in [0.5, 0.6) is 0 Å². The molecule has 1 saturated carbocycles. The maximum absolute atomic E-state index is 10.7. The van der Waals surface area contributed by atoms with Gasteiger partial charge in [0, 0.05) is 6.54 Å². The van der Waals surface area contributed by atoms with Gasteiger partial charge in [-0.1, -0.05) is 6.92 Å². The number of carbonyl (C=O) groups excluding carboxylic acids is 1. The summed E-state index contributed by atoms with van der Waals surface area (Å²) in [5.74, 6) is 4.90. The van der Waals surface area contributed by atoms with Gasteiger partial charge < -0.3 is 5.32 Å². The molecule has 1 aliphatic rings. The quantitative estimate of drug-likeness (QED) is 0.314. The fourth-order valence-electron chi connectivity index (χ4n) is 1.15. The normalized spacial score (nSPS) is 19.1. The standard InChI is InChI=1S/C7H15N3O/c1-2-7(3-4-7)5-9-6(11)10-8/h2-5,8H2,1H3,(H2,9,10,11). The molecule has 0 aromatic carbocycles. The molecule has 1 rings (SSSR count). The summed E-state index contributed by atoms with van der Waals surface area (Å²) >= 11 is 0. The summed E-state index contributed by atoms with van der Waals surface area (Å²) in [6.07, 6.45) is 3.60. The number of hydrogen-bond donors (Lipinski definition) is 3. The van der Waals surface area contributed by atoms with E-state index in [4.69, 9.17) is 5.84 Å². The fourth-order valence-corrected chi connectivity index (χ4v) is 1.15. The van der Waals surface area contributed by atoms with Gasteiger partial charge in [-0.15, -0.1) is 0 Å². The molecule has 0 unspecified atom stereocenters. The molecule has 0 saturated heterocycles. The first kappa shape index (κ1) is 8.33. The summed E-state index contributed by atoms with van der Waals surface area (Å²) in [7, 11) is 0. The van der Waals surface area contributed by atoms with E-state index in [1.807, 2.05) is 5.43 Å². The molecule has 4 nitrogen and oxygen atoms in total. The Kier molecular flexibility index (Phi) is 2.34. The maximum Gasteiger partial charge on any atom is 0.328 e. The lowest BCUT2D eigenvalue weighted by Gasteiger charge is -2.12. The van der Waals surface area contributed by atoms with Crippen LogP contribution in [-0.2, 0) is 0 Å². The van der Waals surface area contributed by atoms with E-state index in [0.29, 0.717) is 5.41 Å². The van der Waals surface area contributed by atoms with Crippen LogP contribution < -0.4 is 16.6 Å². The van der Waals surface area contributed by atoms with Crippen molar-refractivity contribution in [3.05, 3.63) is 0 Å². The van der Waals surface area contributed by atoms with E-state index >= 15 is 0 Å². The highest BCUT2D eigenvalue weighted by Crippen LogP contribution is 2.47. The first-order valence-corrected chi connectivity index (χ1v) is 3.97. The lowest BCUT2D eigenvalue weighted by molar-refractivity contribution is 0.238. The highest BCUT2D eigenvalue weighted by molar-refractivity contribution is 5.73. The molecule has 0 atom stereocenters. The molecule has 1 aliphatic carbocycles. The van der Waals surface area contributed by atoms with Crippen LogP contribution in [0.25, 0.3) is 0 Å². The Balaban J connectivity index is 2.16. The minimum Gasteiger partial charge on any atom is -0.337 e. The van der Waals surface area contributed by atoms with Gasteiger partial charge in [-0.2, -0.15) is 0 Å². The second-order valence-corrected chi connectivity index (χ2v) is 3.18. The van der Waals surface area contributed by atoms with Crippen molar-refractivity contribution in [1.82, 2.24) is 10.7 Å². The number of carbonyl (C=O) groups is 1. The topological polar surface area (TPSA) is 67.2 Å². The molecule has 11 heavy (non-hydrogen) atoms. The number of amides is 2. The van der Waals surface area contributed by atoms with Crippen molar-refractivity contribution in [2.45, 2.75) is 26.2 Å². The molecule has 64 valence electrons. The Morgan fingerprint density at radius 2 is 2.27 bits per heavy atom. The second kappa shape index (κ2) is 3.09. The highest BCUT2D eigenvalue weighted by atomic mass is 16.2. The molecule has 0 aromatic heterocycles. The van der Waals surface area contributed by atoms with Crippen LogP contribution in [0, 0.1) is 5.41 Å². The number of rotatable bonds is 3. The number of urea groups is 1. The zero-order chi connectivity index (χ0) is 8.32. The van der Waals surface area contributed by atoms with Crippen molar-refractivity contribution in [1.29, 1.82) is 0 Å². The third-order valence-electron chi connectivity index (χ3n) is 2.46. The Bertz CT molecular complexity index is 154. The number of nitrogens with two attached hydrogens (primary N) is 1. The van der Waals surface area contributed by atoms with Gasteiger partial charge in [0.1, 0.15) is 0 Å². The average Bonchev–Trinajstić information content (AvgIpc) is 2.81. The van der Waals surface area contributed by atoms with E-state index in [0.717, 1.165) is 13.0 Å². The molecule has 0 spiro atoms. The van der Waals surface area contributed by atoms with Gasteiger partial charge >= 0.3 is 6.03 Å². The third-order valence-corrected chi connectivity index (χ3v) is 2.46. The molecule has 0 heterocycles. The summed E-state index contributed by atoms with van der Waals surface area (Å²) in [5.41, 5.74) is 2.43. The largest absolute Gasteiger partial charge is 0.337 e. The number of hydrogen-bond acceptors (Lipinski definition) is 2. The van der Waals surface area contributed by atoms with E-state index in [2.05, 4.69) is 12.2 Å². The molecule has 0 bridgehead atoms. The van der Waals surface area contributed by atoms with Gasteiger partial charge in [0.25, 0.3) is 0 Å².